The van der Waals surface area contributed by atoms with E-state index in [1.807, 2.05) is 13.8 Å². The summed E-state index contributed by atoms with van der Waals surface area (Å²) in [7, 11) is 3.36. The Labute approximate surface area is 108 Å². The number of amides is 1. The van der Waals surface area contributed by atoms with Crippen molar-refractivity contribution in [1.29, 1.82) is 0 Å². The number of carbonyl (C=O) groups excluding carboxylic acids is 1. The molecule has 0 fully saturated rings. The molecule has 0 saturated carbocycles. The van der Waals surface area contributed by atoms with Crippen molar-refractivity contribution < 1.29 is 4.79 Å². The average Bonchev–Trinajstić information content (AvgIpc) is 2.27. The molecule has 1 heterocycles. The number of nitrogens with one attached hydrogen (secondary N) is 1. The fraction of sp³-hybridized carbons (Fsp3) is 0.583. The Balaban J connectivity index is 2.63. The van der Waals surface area contributed by atoms with Crippen LogP contribution in [-0.2, 0) is 0 Å². The highest BCUT2D eigenvalue weighted by Crippen LogP contribution is 2.07. The Kier molecular flexibility index (Phi) is 5.03. The quantitative estimate of drug-likeness (QED) is 0.805. The maximum absolute atomic E-state index is 11.6. The SMILES string of the molecule is CC(N)CC(C)Nc1ccc(C(=O)N(C)C)nn1. The number of rotatable bonds is 5. The molecule has 6 nitrogen and oxygen atoms in total. The average molecular weight is 251 g/mol. The Bertz CT molecular complexity index is 388. The molecule has 3 N–H and O–H groups in total. The van der Waals surface area contributed by atoms with Gasteiger partial charge in [-0.3, -0.25) is 4.79 Å². The van der Waals surface area contributed by atoms with Gasteiger partial charge in [0.1, 0.15) is 5.82 Å². The third-order valence-corrected chi connectivity index (χ3v) is 2.41. The van der Waals surface area contributed by atoms with Gasteiger partial charge in [-0.1, -0.05) is 0 Å². The van der Waals surface area contributed by atoms with Crippen LogP contribution in [-0.4, -0.2) is 47.2 Å². The number of hydrogen-bond acceptors (Lipinski definition) is 5. The Morgan fingerprint density at radius 3 is 2.50 bits per heavy atom. The lowest BCUT2D eigenvalue weighted by Gasteiger charge is -2.16. The second-order valence-corrected chi connectivity index (χ2v) is 4.76. The van der Waals surface area contributed by atoms with E-state index in [-0.39, 0.29) is 18.0 Å². The van der Waals surface area contributed by atoms with Gasteiger partial charge in [-0.2, -0.15) is 0 Å². The van der Waals surface area contributed by atoms with Gasteiger partial charge in [-0.25, -0.2) is 0 Å². The molecule has 0 aromatic carbocycles. The van der Waals surface area contributed by atoms with Crippen molar-refractivity contribution in [3.8, 4) is 0 Å². The lowest BCUT2D eigenvalue weighted by Crippen LogP contribution is -2.27. The van der Waals surface area contributed by atoms with E-state index in [0.29, 0.717) is 11.5 Å². The van der Waals surface area contributed by atoms with Crippen LogP contribution < -0.4 is 11.1 Å². The van der Waals surface area contributed by atoms with Gasteiger partial charge in [-0.05, 0) is 32.4 Å². The normalized spacial score (nSPS) is 13.8. The van der Waals surface area contributed by atoms with Crippen LogP contribution in [0.5, 0.6) is 0 Å². The van der Waals surface area contributed by atoms with Crippen molar-refractivity contribution >= 4 is 11.7 Å². The molecule has 1 amide bonds. The molecule has 0 aliphatic carbocycles. The molecule has 1 rings (SSSR count). The van der Waals surface area contributed by atoms with E-state index >= 15 is 0 Å². The fourth-order valence-electron chi connectivity index (χ4n) is 1.62. The van der Waals surface area contributed by atoms with Gasteiger partial charge in [-0.15, -0.1) is 10.2 Å². The third kappa shape index (κ3) is 4.29. The Morgan fingerprint density at radius 2 is 2.06 bits per heavy atom. The first kappa shape index (κ1) is 14.4. The predicted octanol–water partition coefficient (Wildman–Crippen LogP) is 0.716. The topological polar surface area (TPSA) is 84.1 Å². The van der Waals surface area contributed by atoms with E-state index in [4.69, 9.17) is 5.73 Å². The van der Waals surface area contributed by atoms with Crippen LogP contribution in [0.3, 0.4) is 0 Å². The minimum Gasteiger partial charge on any atom is -0.366 e. The summed E-state index contributed by atoms with van der Waals surface area (Å²) in [5.74, 6) is 0.496. The lowest BCUT2D eigenvalue weighted by molar-refractivity contribution is 0.0821. The van der Waals surface area contributed by atoms with Crippen LogP contribution in [0, 0.1) is 0 Å². The number of anilines is 1. The van der Waals surface area contributed by atoms with Crippen LogP contribution in [0.2, 0.25) is 0 Å². The van der Waals surface area contributed by atoms with Crippen LogP contribution >= 0.6 is 0 Å². The minimum absolute atomic E-state index is 0.134. The molecule has 2 atom stereocenters. The number of aromatic nitrogens is 2. The van der Waals surface area contributed by atoms with Crippen LogP contribution in [0.15, 0.2) is 12.1 Å². The van der Waals surface area contributed by atoms with E-state index in [1.54, 1.807) is 26.2 Å². The summed E-state index contributed by atoms with van der Waals surface area (Å²) in [5.41, 5.74) is 6.06. The first-order valence-corrected chi connectivity index (χ1v) is 5.97. The van der Waals surface area contributed by atoms with Crippen molar-refractivity contribution in [2.24, 2.45) is 5.73 Å². The molecule has 0 aliphatic heterocycles. The molecular weight excluding hydrogens is 230 g/mol. The van der Waals surface area contributed by atoms with Gasteiger partial charge in [0.15, 0.2) is 5.69 Å². The van der Waals surface area contributed by atoms with Crippen LogP contribution in [0.4, 0.5) is 5.82 Å². The monoisotopic (exact) mass is 251 g/mol. The maximum atomic E-state index is 11.6. The van der Waals surface area contributed by atoms with Gasteiger partial charge in [0.25, 0.3) is 5.91 Å². The third-order valence-electron chi connectivity index (χ3n) is 2.41. The van der Waals surface area contributed by atoms with Gasteiger partial charge in [0.05, 0.1) is 0 Å². The standard InChI is InChI=1S/C12H21N5O/c1-8(13)7-9(2)14-11-6-5-10(15-16-11)12(18)17(3)4/h5-6,8-9H,7,13H2,1-4H3,(H,14,16). The Hall–Kier alpha value is -1.69. The summed E-state index contributed by atoms with van der Waals surface area (Å²) < 4.78 is 0. The molecule has 0 bridgehead atoms. The van der Waals surface area contributed by atoms with E-state index in [2.05, 4.69) is 15.5 Å². The molecule has 0 spiro atoms. The largest absolute Gasteiger partial charge is 0.366 e. The molecular formula is C12H21N5O. The summed E-state index contributed by atoms with van der Waals surface area (Å²) in [4.78, 5) is 13.1. The minimum atomic E-state index is -0.155. The molecule has 100 valence electrons. The van der Waals surface area contributed by atoms with Crippen molar-refractivity contribution in [3.63, 3.8) is 0 Å². The highest BCUT2D eigenvalue weighted by atomic mass is 16.2. The zero-order valence-corrected chi connectivity index (χ0v) is 11.3. The number of hydrogen-bond donors (Lipinski definition) is 2. The number of carbonyl (C=O) groups is 1. The molecule has 6 heteroatoms. The van der Waals surface area contributed by atoms with Crippen molar-refractivity contribution in [2.45, 2.75) is 32.4 Å². The molecule has 0 aliphatic rings. The predicted molar refractivity (Wildman–Crippen MR) is 71.4 cm³/mol. The first-order valence-electron chi connectivity index (χ1n) is 5.97. The highest BCUT2D eigenvalue weighted by molar-refractivity contribution is 5.91. The molecule has 1 aromatic rings. The maximum Gasteiger partial charge on any atom is 0.273 e. The second-order valence-electron chi connectivity index (χ2n) is 4.76. The van der Waals surface area contributed by atoms with Crippen LogP contribution in [0.25, 0.3) is 0 Å². The van der Waals surface area contributed by atoms with Crippen molar-refractivity contribution in [1.82, 2.24) is 15.1 Å². The molecule has 0 saturated heterocycles. The summed E-state index contributed by atoms with van der Waals surface area (Å²) in [6.45, 7) is 3.99. The van der Waals surface area contributed by atoms with E-state index in [0.717, 1.165) is 6.42 Å². The zero-order chi connectivity index (χ0) is 13.7. The molecule has 2 unspecified atom stereocenters. The van der Waals surface area contributed by atoms with Gasteiger partial charge in [0, 0.05) is 26.2 Å². The lowest BCUT2D eigenvalue weighted by atomic mass is 10.1. The van der Waals surface area contributed by atoms with Crippen molar-refractivity contribution in [3.05, 3.63) is 17.8 Å². The fourth-order valence-corrected chi connectivity index (χ4v) is 1.62. The van der Waals surface area contributed by atoms with E-state index < -0.39 is 0 Å². The zero-order valence-electron chi connectivity index (χ0n) is 11.3. The number of nitrogens with zero attached hydrogens (tertiary/aromatic N) is 3. The molecule has 0 radical (unpaired) electrons. The first-order chi connectivity index (χ1) is 8.40. The molecule has 18 heavy (non-hydrogen) atoms. The summed E-state index contributed by atoms with van der Waals surface area (Å²) >= 11 is 0. The van der Waals surface area contributed by atoms with Crippen LogP contribution in [0.1, 0.15) is 30.8 Å². The smallest absolute Gasteiger partial charge is 0.273 e. The molecule has 1 aromatic heterocycles. The van der Waals surface area contributed by atoms with E-state index in [9.17, 15) is 4.79 Å². The second kappa shape index (κ2) is 6.30. The Morgan fingerprint density at radius 1 is 1.39 bits per heavy atom. The van der Waals surface area contributed by atoms with Gasteiger partial charge < -0.3 is 16.0 Å². The van der Waals surface area contributed by atoms with E-state index in [1.165, 1.54) is 4.90 Å². The van der Waals surface area contributed by atoms with Gasteiger partial charge >= 0.3 is 0 Å². The highest BCUT2D eigenvalue weighted by Gasteiger charge is 2.11. The summed E-state index contributed by atoms with van der Waals surface area (Å²) in [5, 5.41) is 11.1. The summed E-state index contributed by atoms with van der Waals surface area (Å²) in [6.07, 6.45) is 0.847. The summed E-state index contributed by atoms with van der Waals surface area (Å²) in [6, 6.07) is 3.77. The van der Waals surface area contributed by atoms with Crippen molar-refractivity contribution in [2.75, 3.05) is 19.4 Å². The number of nitrogens with two attached hydrogens (primary N) is 1. The van der Waals surface area contributed by atoms with Gasteiger partial charge in [0.2, 0.25) is 0 Å².